The van der Waals surface area contributed by atoms with E-state index in [1.54, 1.807) is 0 Å². The number of benzene rings is 1. The lowest BCUT2D eigenvalue weighted by Gasteiger charge is -2.32. The summed E-state index contributed by atoms with van der Waals surface area (Å²) in [6.07, 6.45) is 8.86. The Hall–Kier alpha value is -2.47. The van der Waals surface area contributed by atoms with Crippen molar-refractivity contribution in [3.8, 4) is 11.4 Å². The monoisotopic (exact) mass is 421 g/mol. The summed E-state index contributed by atoms with van der Waals surface area (Å²) in [5.41, 5.74) is 2.25. The molecule has 31 heavy (non-hydrogen) atoms. The highest BCUT2D eigenvalue weighted by Crippen LogP contribution is 2.24. The van der Waals surface area contributed by atoms with Crippen LogP contribution in [0.25, 0.3) is 11.4 Å². The summed E-state index contributed by atoms with van der Waals surface area (Å²) in [4.78, 5) is 26.7. The van der Waals surface area contributed by atoms with E-state index in [1.807, 2.05) is 24.4 Å². The number of aryl methyl sites for hydroxylation is 1. The van der Waals surface area contributed by atoms with E-state index < -0.39 is 0 Å². The third-order valence-electron chi connectivity index (χ3n) is 6.53. The summed E-state index contributed by atoms with van der Waals surface area (Å²) in [5.74, 6) is 2.04. The average Bonchev–Trinajstić information content (AvgIpc) is 3.08. The topological polar surface area (TPSA) is 61.4 Å². The zero-order valence-corrected chi connectivity index (χ0v) is 18.7. The zero-order chi connectivity index (χ0) is 21.5. The van der Waals surface area contributed by atoms with Crippen LogP contribution in [0.3, 0.4) is 0 Å². The number of carbonyl (C=O) groups is 1. The van der Waals surface area contributed by atoms with Crippen LogP contribution in [0.2, 0.25) is 0 Å². The first-order valence-electron chi connectivity index (χ1n) is 11.8. The smallest absolute Gasteiger partial charge is 0.223 e. The van der Waals surface area contributed by atoms with Gasteiger partial charge in [-0.2, -0.15) is 0 Å². The predicted molar refractivity (Wildman–Crippen MR) is 125 cm³/mol. The van der Waals surface area contributed by atoms with E-state index in [1.165, 1.54) is 44.3 Å². The van der Waals surface area contributed by atoms with Crippen LogP contribution in [-0.4, -0.2) is 60.0 Å². The first-order chi connectivity index (χ1) is 15.2. The average molecular weight is 422 g/mol. The first-order valence-corrected chi connectivity index (χ1v) is 11.8. The molecule has 0 radical (unpaired) electrons. The Balaban J connectivity index is 1.25. The van der Waals surface area contributed by atoms with Gasteiger partial charge in [0.1, 0.15) is 5.82 Å². The molecule has 3 heterocycles. The largest absolute Gasteiger partial charge is 0.356 e. The van der Waals surface area contributed by atoms with Gasteiger partial charge in [-0.3, -0.25) is 4.79 Å². The standard InChI is InChI=1S/C25H35N5O/c1-20-7-6-8-22(19-20)24-26-12-9-23(28-24)30-16-10-21(11-17-30)25(31)27-13-18-29-14-4-2-3-5-15-29/h6-9,12,19,21H,2-5,10-11,13-18H2,1H3,(H,27,31). The maximum Gasteiger partial charge on any atom is 0.223 e. The second-order valence-electron chi connectivity index (χ2n) is 8.92. The van der Waals surface area contributed by atoms with Crippen LogP contribution >= 0.6 is 0 Å². The summed E-state index contributed by atoms with van der Waals surface area (Å²) >= 11 is 0. The first kappa shape index (κ1) is 21.8. The summed E-state index contributed by atoms with van der Waals surface area (Å²) in [6, 6.07) is 10.3. The minimum absolute atomic E-state index is 0.110. The van der Waals surface area contributed by atoms with Gasteiger partial charge in [-0.1, -0.05) is 36.6 Å². The molecule has 2 aliphatic heterocycles. The Bertz CT molecular complexity index is 854. The third-order valence-corrected chi connectivity index (χ3v) is 6.53. The molecule has 2 saturated heterocycles. The molecule has 0 aliphatic carbocycles. The highest BCUT2D eigenvalue weighted by molar-refractivity contribution is 5.79. The Labute approximate surface area is 186 Å². The normalized spacial score (nSPS) is 18.5. The minimum Gasteiger partial charge on any atom is -0.356 e. The number of hydrogen-bond acceptors (Lipinski definition) is 5. The molecule has 1 aromatic heterocycles. The number of piperidine rings is 1. The molecule has 0 unspecified atom stereocenters. The van der Waals surface area contributed by atoms with Crippen LogP contribution in [0.5, 0.6) is 0 Å². The number of aromatic nitrogens is 2. The lowest BCUT2D eigenvalue weighted by Crippen LogP contribution is -2.43. The van der Waals surface area contributed by atoms with Crippen molar-refractivity contribution in [2.24, 2.45) is 5.92 Å². The van der Waals surface area contributed by atoms with Gasteiger partial charge in [-0.25, -0.2) is 9.97 Å². The predicted octanol–water partition coefficient (Wildman–Crippen LogP) is 3.66. The van der Waals surface area contributed by atoms with Crippen molar-refractivity contribution >= 4 is 11.7 Å². The zero-order valence-electron chi connectivity index (χ0n) is 18.7. The molecule has 1 amide bonds. The second kappa shape index (κ2) is 10.7. The molecule has 2 aromatic rings. The molecule has 0 atom stereocenters. The lowest BCUT2D eigenvalue weighted by molar-refractivity contribution is -0.125. The fourth-order valence-electron chi connectivity index (χ4n) is 4.66. The molecule has 0 bridgehead atoms. The Morgan fingerprint density at radius 2 is 1.84 bits per heavy atom. The number of hydrogen-bond donors (Lipinski definition) is 1. The quantitative estimate of drug-likeness (QED) is 0.771. The van der Waals surface area contributed by atoms with Crippen molar-refractivity contribution in [1.29, 1.82) is 0 Å². The van der Waals surface area contributed by atoms with Crippen LogP contribution in [0.4, 0.5) is 5.82 Å². The van der Waals surface area contributed by atoms with Crippen LogP contribution in [0.15, 0.2) is 36.5 Å². The molecular formula is C25H35N5O. The van der Waals surface area contributed by atoms with Gasteiger partial charge in [0.2, 0.25) is 5.91 Å². The number of rotatable bonds is 6. The van der Waals surface area contributed by atoms with E-state index in [0.717, 1.165) is 56.2 Å². The number of likely N-dealkylation sites (tertiary alicyclic amines) is 1. The summed E-state index contributed by atoms with van der Waals surface area (Å²) in [5, 5.41) is 3.19. The van der Waals surface area contributed by atoms with Crippen LogP contribution in [0.1, 0.15) is 44.1 Å². The number of nitrogens with zero attached hydrogens (tertiary/aromatic N) is 4. The summed E-state index contributed by atoms with van der Waals surface area (Å²) in [6.45, 7) is 7.90. The van der Waals surface area contributed by atoms with Crippen LogP contribution in [-0.2, 0) is 4.79 Å². The van der Waals surface area contributed by atoms with Gasteiger partial charge in [0, 0.05) is 43.9 Å². The van der Waals surface area contributed by atoms with Gasteiger partial charge < -0.3 is 15.1 Å². The second-order valence-corrected chi connectivity index (χ2v) is 8.92. The van der Waals surface area contributed by atoms with Gasteiger partial charge in [0.15, 0.2) is 5.82 Å². The van der Waals surface area contributed by atoms with E-state index in [2.05, 4.69) is 39.2 Å². The van der Waals surface area contributed by atoms with Gasteiger partial charge in [0.25, 0.3) is 0 Å². The fourth-order valence-corrected chi connectivity index (χ4v) is 4.66. The van der Waals surface area contributed by atoms with Gasteiger partial charge >= 0.3 is 0 Å². The van der Waals surface area contributed by atoms with E-state index in [9.17, 15) is 4.79 Å². The molecule has 6 nitrogen and oxygen atoms in total. The van der Waals surface area contributed by atoms with E-state index in [-0.39, 0.29) is 11.8 Å². The molecule has 1 aromatic carbocycles. The van der Waals surface area contributed by atoms with E-state index >= 15 is 0 Å². The maximum absolute atomic E-state index is 12.6. The van der Waals surface area contributed by atoms with Crippen molar-refractivity contribution in [3.05, 3.63) is 42.1 Å². The van der Waals surface area contributed by atoms with E-state index in [0.29, 0.717) is 0 Å². The molecule has 6 heteroatoms. The number of nitrogens with one attached hydrogen (secondary N) is 1. The summed E-state index contributed by atoms with van der Waals surface area (Å²) in [7, 11) is 0. The molecular weight excluding hydrogens is 386 g/mol. The third kappa shape index (κ3) is 6.03. The SMILES string of the molecule is Cc1cccc(-c2nccc(N3CCC(C(=O)NCCN4CCCCCC4)CC3)n2)c1. The molecule has 1 N–H and O–H groups in total. The van der Waals surface area contributed by atoms with Crippen LogP contribution < -0.4 is 10.2 Å². The number of carbonyl (C=O) groups excluding carboxylic acids is 1. The molecule has 2 aliphatic rings. The van der Waals surface area contributed by atoms with Gasteiger partial charge in [0.05, 0.1) is 0 Å². The Morgan fingerprint density at radius 1 is 1.06 bits per heavy atom. The van der Waals surface area contributed by atoms with Crippen molar-refractivity contribution in [1.82, 2.24) is 20.2 Å². The van der Waals surface area contributed by atoms with Gasteiger partial charge in [-0.15, -0.1) is 0 Å². The molecule has 2 fully saturated rings. The van der Waals surface area contributed by atoms with Crippen molar-refractivity contribution < 1.29 is 4.79 Å². The Kier molecular flexibility index (Phi) is 7.52. The number of anilines is 1. The highest BCUT2D eigenvalue weighted by Gasteiger charge is 2.25. The molecule has 166 valence electrons. The Morgan fingerprint density at radius 3 is 2.58 bits per heavy atom. The highest BCUT2D eigenvalue weighted by atomic mass is 16.1. The van der Waals surface area contributed by atoms with Crippen LogP contribution in [0, 0.1) is 12.8 Å². The maximum atomic E-state index is 12.6. The lowest BCUT2D eigenvalue weighted by atomic mass is 9.96. The van der Waals surface area contributed by atoms with Crippen molar-refractivity contribution in [2.75, 3.05) is 44.2 Å². The molecule has 0 spiro atoms. The summed E-state index contributed by atoms with van der Waals surface area (Å²) < 4.78 is 0. The van der Waals surface area contributed by atoms with Crippen molar-refractivity contribution in [3.63, 3.8) is 0 Å². The molecule has 0 saturated carbocycles. The van der Waals surface area contributed by atoms with Crippen molar-refractivity contribution in [2.45, 2.75) is 45.4 Å². The molecule has 4 rings (SSSR count). The fraction of sp³-hybridized carbons (Fsp3) is 0.560. The van der Waals surface area contributed by atoms with Gasteiger partial charge in [-0.05, 0) is 57.8 Å². The van der Waals surface area contributed by atoms with E-state index in [4.69, 9.17) is 4.98 Å². The minimum atomic E-state index is 0.110. The number of amides is 1.